The summed E-state index contributed by atoms with van der Waals surface area (Å²) in [5.41, 5.74) is 2.74. The third-order valence-electron chi connectivity index (χ3n) is 3.77. The molecule has 2 heterocycles. The average molecular weight is 285 g/mol. The zero-order valence-electron chi connectivity index (χ0n) is 12.1. The van der Waals surface area contributed by atoms with E-state index in [1.54, 1.807) is 6.33 Å². The summed E-state index contributed by atoms with van der Waals surface area (Å²) >= 11 is 0. The Balaban J connectivity index is 1.63. The van der Waals surface area contributed by atoms with Gasteiger partial charge in [-0.1, -0.05) is 12.1 Å². The monoisotopic (exact) mass is 285 g/mol. The fourth-order valence-electron chi connectivity index (χ4n) is 2.54. The van der Waals surface area contributed by atoms with E-state index in [4.69, 9.17) is 4.74 Å². The van der Waals surface area contributed by atoms with E-state index >= 15 is 0 Å². The second-order valence-electron chi connectivity index (χ2n) is 5.31. The summed E-state index contributed by atoms with van der Waals surface area (Å²) in [5, 5.41) is 2.93. The molecule has 1 saturated heterocycles. The molecule has 1 fully saturated rings. The molecule has 1 aromatic carbocycles. The fourth-order valence-corrected chi connectivity index (χ4v) is 2.54. The number of hydrogen-bond donors (Lipinski definition) is 1. The van der Waals surface area contributed by atoms with Crippen LogP contribution in [0.2, 0.25) is 0 Å². The smallest absolute Gasteiger partial charge is 0.251 e. The maximum atomic E-state index is 12.1. The molecule has 0 bridgehead atoms. The van der Waals surface area contributed by atoms with E-state index in [-0.39, 0.29) is 12.0 Å². The number of aryl methyl sites for hydroxylation is 1. The van der Waals surface area contributed by atoms with E-state index in [9.17, 15) is 4.79 Å². The highest BCUT2D eigenvalue weighted by molar-refractivity contribution is 5.94. The number of hydrogen-bond acceptors (Lipinski definition) is 3. The third kappa shape index (κ3) is 3.13. The van der Waals surface area contributed by atoms with Gasteiger partial charge in [0.2, 0.25) is 0 Å². The van der Waals surface area contributed by atoms with Crippen molar-refractivity contribution < 1.29 is 9.53 Å². The predicted octanol–water partition coefficient (Wildman–Crippen LogP) is 2.00. The number of amides is 1. The van der Waals surface area contributed by atoms with Crippen LogP contribution in [0.5, 0.6) is 0 Å². The topological polar surface area (TPSA) is 56.2 Å². The van der Waals surface area contributed by atoms with Crippen LogP contribution in [0.4, 0.5) is 0 Å². The highest BCUT2D eigenvalue weighted by Crippen LogP contribution is 2.18. The highest BCUT2D eigenvalue weighted by atomic mass is 16.5. The molecule has 1 aromatic heterocycles. The number of rotatable bonds is 4. The number of carbonyl (C=O) groups excluding carboxylic acids is 1. The molecule has 1 amide bonds. The molecular formula is C16H19N3O2. The first kappa shape index (κ1) is 13.8. The Kier molecular flexibility index (Phi) is 4.01. The van der Waals surface area contributed by atoms with Crippen molar-refractivity contribution in [3.63, 3.8) is 0 Å². The van der Waals surface area contributed by atoms with Crippen LogP contribution >= 0.6 is 0 Å². The number of ether oxygens (including phenoxy) is 1. The molecule has 1 atom stereocenters. The first-order valence-corrected chi connectivity index (χ1v) is 7.20. The van der Waals surface area contributed by atoms with Gasteiger partial charge in [-0.3, -0.25) is 4.79 Å². The van der Waals surface area contributed by atoms with Gasteiger partial charge in [0.1, 0.15) is 0 Å². The molecular weight excluding hydrogens is 266 g/mol. The van der Waals surface area contributed by atoms with Crippen molar-refractivity contribution in [2.24, 2.45) is 7.05 Å². The fraction of sp³-hybridized carbons (Fsp3) is 0.375. The van der Waals surface area contributed by atoms with Crippen LogP contribution in [0.1, 0.15) is 23.2 Å². The molecule has 2 aromatic rings. The van der Waals surface area contributed by atoms with Crippen molar-refractivity contribution in [1.82, 2.24) is 14.9 Å². The molecule has 21 heavy (non-hydrogen) atoms. The van der Waals surface area contributed by atoms with Crippen LogP contribution in [-0.4, -0.2) is 34.7 Å². The van der Waals surface area contributed by atoms with E-state index in [0.717, 1.165) is 30.7 Å². The summed E-state index contributed by atoms with van der Waals surface area (Å²) in [4.78, 5) is 16.2. The predicted molar refractivity (Wildman–Crippen MR) is 80.0 cm³/mol. The van der Waals surface area contributed by atoms with Crippen LogP contribution < -0.4 is 5.32 Å². The molecule has 1 aliphatic heterocycles. The minimum atomic E-state index is -0.0537. The lowest BCUT2D eigenvalue weighted by Gasteiger charge is -2.11. The van der Waals surface area contributed by atoms with E-state index in [0.29, 0.717) is 12.1 Å². The van der Waals surface area contributed by atoms with Crippen molar-refractivity contribution in [3.05, 3.63) is 42.4 Å². The second kappa shape index (κ2) is 6.10. The Labute approximate surface area is 124 Å². The zero-order chi connectivity index (χ0) is 14.7. The van der Waals surface area contributed by atoms with Gasteiger partial charge in [0.25, 0.3) is 5.91 Å². The van der Waals surface area contributed by atoms with Gasteiger partial charge >= 0.3 is 0 Å². The van der Waals surface area contributed by atoms with Gasteiger partial charge in [0.15, 0.2) is 0 Å². The minimum Gasteiger partial charge on any atom is -0.376 e. The largest absolute Gasteiger partial charge is 0.376 e. The molecule has 110 valence electrons. The number of nitrogens with one attached hydrogen (secondary N) is 1. The summed E-state index contributed by atoms with van der Waals surface area (Å²) < 4.78 is 7.45. The zero-order valence-corrected chi connectivity index (χ0v) is 12.1. The Morgan fingerprint density at radius 2 is 2.24 bits per heavy atom. The lowest BCUT2D eigenvalue weighted by Crippen LogP contribution is -2.31. The summed E-state index contributed by atoms with van der Waals surface area (Å²) in [5.74, 6) is -0.0537. The van der Waals surface area contributed by atoms with Crippen molar-refractivity contribution >= 4 is 5.91 Å². The van der Waals surface area contributed by atoms with Gasteiger partial charge in [-0.05, 0) is 30.5 Å². The van der Waals surface area contributed by atoms with Crippen LogP contribution in [0.3, 0.4) is 0 Å². The first-order valence-electron chi connectivity index (χ1n) is 7.20. The second-order valence-corrected chi connectivity index (χ2v) is 5.31. The van der Waals surface area contributed by atoms with Crippen LogP contribution in [0.15, 0.2) is 36.8 Å². The van der Waals surface area contributed by atoms with Gasteiger partial charge in [-0.2, -0.15) is 0 Å². The van der Waals surface area contributed by atoms with Crippen molar-refractivity contribution in [3.8, 4) is 11.3 Å². The normalized spacial score (nSPS) is 17.9. The molecule has 0 aliphatic carbocycles. The molecule has 1 aliphatic rings. The van der Waals surface area contributed by atoms with Crippen LogP contribution in [-0.2, 0) is 11.8 Å². The van der Waals surface area contributed by atoms with Gasteiger partial charge in [0, 0.05) is 25.8 Å². The van der Waals surface area contributed by atoms with Crippen molar-refractivity contribution in [2.75, 3.05) is 13.2 Å². The summed E-state index contributed by atoms with van der Waals surface area (Å²) in [6.45, 7) is 1.39. The maximum Gasteiger partial charge on any atom is 0.251 e. The first-order chi connectivity index (χ1) is 10.2. The quantitative estimate of drug-likeness (QED) is 0.934. The number of benzene rings is 1. The van der Waals surface area contributed by atoms with Gasteiger partial charge in [-0.15, -0.1) is 0 Å². The molecule has 0 unspecified atom stereocenters. The molecule has 0 saturated carbocycles. The summed E-state index contributed by atoms with van der Waals surface area (Å²) in [6.07, 6.45) is 5.85. The van der Waals surface area contributed by atoms with Gasteiger partial charge in [0.05, 0.1) is 24.3 Å². The molecule has 3 rings (SSSR count). The highest BCUT2D eigenvalue weighted by Gasteiger charge is 2.16. The summed E-state index contributed by atoms with van der Waals surface area (Å²) in [7, 11) is 1.95. The van der Waals surface area contributed by atoms with Gasteiger partial charge in [-0.25, -0.2) is 4.98 Å². The SMILES string of the molecule is Cn1cncc1-c1ccc(C(=O)NC[C@H]2CCCO2)cc1. The van der Waals surface area contributed by atoms with E-state index in [1.807, 2.05) is 42.1 Å². The Morgan fingerprint density at radius 3 is 2.86 bits per heavy atom. The standard InChI is InChI=1S/C16H19N3O2/c1-19-11-17-10-15(19)12-4-6-13(7-5-12)16(20)18-9-14-3-2-8-21-14/h4-7,10-11,14H,2-3,8-9H2,1H3,(H,18,20)/t14-/m1/s1. The number of aromatic nitrogens is 2. The van der Waals surface area contributed by atoms with Crippen molar-refractivity contribution in [2.45, 2.75) is 18.9 Å². The molecule has 0 spiro atoms. The van der Waals surface area contributed by atoms with E-state index in [1.165, 1.54) is 0 Å². The lowest BCUT2D eigenvalue weighted by atomic mass is 10.1. The third-order valence-corrected chi connectivity index (χ3v) is 3.77. The lowest BCUT2D eigenvalue weighted by molar-refractivity contribution is 0.0858. The number of imidazole rings is 1. The number of carbonyl (C=O) groups is 1. The average Bonchev–Trinajstić information content (AvgIpc) is 3.16. The number of nitrogens with zero attached hydrogens (tertiary/aromatic N) is 2. The van der Waals surface area contributed by atoms with Crippen LogP contribution in [0.25, 0.3) is 11.3 Å². The van der Waals surface area contributed by atoms with E-state index in [2.05, 4.69) is 10.3 Å². The van der Waals surface area contributed by atoms with Crippen LogP contribution in [0, 0.1) is 0 Å². The Hall–Kier alpha value is -2.14. The molecule has 1 N–H and O–H groups in total. The summed E-state index contributed by atoms with van der Waals surface area (Å²) in [6, 6.07) is 7.57. The van der Waals surface area contributed by atoms with Crippen molar-refractivity contribution in [1.29, 1.82) is 0 Å². The maximum absolute atomic E-state index is 12.1. The molecule has 5 heteroatoms. The Bertz CT molecular complexity index is 613. The van der Waals surface area contributed by atoms with Gasteiger partial charge < -0.3 is 14.6 Å². The minimum absolute atomic E-state index is 0.0537. The molecule has 0 radical (unpaired) electrons. The molecule has 5 nitrogen and oxygen atoms in total. The van der Waals surface area contributed by atoms with E-state index < -0.39 is 0 Å². The Morgan fingerprint density at radius 1 is 1.43 bits per heavy atom.